The number of carbonyl (C=O) groups is 1. The van der Waals surface area contributed by atoms with Crippen LogP contribution in [0, 0.1) is 0 Å². The number of hydrogen-bond acceptors (Lipinski definition) is 3. The Balaban J connectivity index is 1.72. The molecule has 1 aliphatic rings. The van der Waals surface area contributed by atoms with Crippen LogP contribution in [-0.4, -0.2) is 24.0 Å². The fraction of sp³-hybridized carbons (Fsp3) is 0.316. The Morgan fingerprint density at radius 2 is 1.55 bits per heavy atom. The van der Waals surface area contributed by atoms with Crippen LogP contribution in [0.3, 0.4) is 0 Å². The molecule has 2 aromatic carbocycles. The van der Waals surface area contributed by atoms with Crippen LogP contribution in [0.5, 0.6) is 0 Å². The van der Waals surface area contributed by atoms with E-state index in [2.05, 4.69) is 4.90 Å². The summed E-state index contributed by atoms with van der Waals surface area (Å²) in [4.78, 5) is 14.9. The maximum Gasteiger partial charge on any atom is 0.328 e. The quantitative estimate of drug-likeness (QED) is 0.790. The average Bonchev–Trinajstić information content (AvgIpc) is 3.09. The molecule has 1 aliphatic heterocycles. The van der Waals surface area contributed by atoms with Crippen LogP contribution in [0.4, 0.5) is 0 Å². The molecule has 3 rings (SSSR count). The van der Waals surface area contributed by atoms with E-state index in [0.29, 0.717) is 6.61 Å². The third-order valence-electron chi connectivity index (χ3n) is 4.07. The third-order valence-corrected chi connectivity index (χ3v) is 4.07. The molecule has 0 unspecified atom stereocenters. The highest BCUT2D eigenvalue weighted by atomic mass is 16.5. The highest BCUT2D eigenvalue weighted by Crippen LogP contribution is 2.26. The Morgan fingerprint density at radius 3 is 2.18 bits per heavy atom. The summed E-state index contributed by atoms with van der Waals surface area (Å²) in [5, 5.41) is 0. The van der Waals surface area contributed by atoms with E-state index in [1.54, 1.807) is 0 Å². The summed E-state index contributed by atoms with van der Waals surface area (Å²) in [6, 6.07) is 19.5. The summed E-state index contributed by atoms with van der Waals surface area (Å²) in [7, 11) is 0. The van der Waals surface area contributed by atoms with Gasteiger partial charge in [-0.15, -0.1) is 0 Å². The minimum atomic E-state index is -0.285. The van der Waals surface area contributed by atoms with Crippen molar-refractivity contribution in [2.45, 2.75) is 25.5 Å². The summed E-state index contributed by atoms with van der Waals surface area (Å²) in [6.07, 6.45) is 2.30. The number of ether oxygens (including phenoxy) is 1. The number of carbonyl (C=O) groups excluding carboxylic acids is 1. The van der Waals surface area contributed by atoms with Gasteiger partial charge in [0.15, 0.2) is 0 Å². The van der Waals surface area contributed by atoms with Crippen molar-refractivity contribution in [3.8, 4) is 0 Å². The van der Waals surface area contributed by atoms with Gasteiger partial charge in [-0.1, -0.05) is 60.7 Å². The zero-order chi connectivity index (χ0) is 15.2. The van der Waals surface area contributed by atoms with Gasteiger partial charge in [-0.05, 0) is 37.1 Å². The number of rotatable bonds is 5. The first-order valence-corrected chi connectivity index (χ1v) is 7.84. The fourth-order valence-electron chi connectivity index (χ4n) is 2.94. The molecule has 0 radical (unpaired) electrons. The largest absolute Gasteiger partial charge is 0.459 e. The van der Waals surface area contributed by atoms with Crippen molar-refractivity contribution in [2.24, 2.45) is 0 Å². The Morgan fingerprint density at radius 1 is 0.955 bits per heavy atom. The summed E-state index contributed by atoms with van der Waals surface area (Å²) < 4.78 is 5.58. The van der Waals surface area contributed by atoms with Gasteiger partial charge in [-0.2, -0.15) is 0 Å². The molecule has 2 aromatic rings. The number of likely N-dealkylation sites (tertiary alicyclic amines) is 1. The molecule has 0 spiro atoms. The molecule has 0 saturated carbocycles. The predicted octanol–water partition coefficient (Wildman–Crippen LogP) is 3.57. The van der Waals surface area contributed by atoms with Gasteiger partial charge in [0.1, 0.15) is 12.6 Å². The molecule has 0 amide bonds. The van der Waals surface area contributed by atoms with Crippen molar-refractivity contribution in [1.29, 1.82) is 0 Å². The highest BCUT2D eigenvalue weighted by molar-refractivity contribution is 5.77. The maximum atomic E-state index is 12.6. The monoisotopic (exact) mass is 295 g/mol. The van der Waals surface area contributed by atoms with Crippen LogP contribution in [0.25, 0.3) is 0 Å². The molecule has 0 aliphatic carbocycles. The molecule has 114 valence electrons. The van der Waals surface area contributed by atoms with Crippen molar-refractivity contribution < 1.29 is 9.53 Å². The Hall–Kier alpha value is -2.13. The first kappa shape index (κ1) is 14.8. The lowest BCUT2D eigenvalue weighted by molar-refractivity contribution is -0.151. The van der Waals surface area contributed by atoms with Crippen LogP contribution >= 0.6 is 0 Å². The first-order chi connectivity index (χ1) is 10.8. The van der Waals surface area contributed by atoms with Crippen molar-refractivity contribution in [1.82, 2.24) is 4.90 Å². The zero-order valence-electron chi connectivity index (χ0n) is 12.7. The van der Waals surface area contributed by atoms with E-state index in [1.165, 1.54) is 0 Å². The minimum Gasteiger partial charge on any atom is -0.459 e. The van der Waals surface area contributed by atoms with Gasteiger partial charge < -0.3 is 4.74 Å². The Bertz CT molecular complexity index is 591. The molecule has 0 N–H and O–H groups in total. The third kappa shape index (κ3) is 3.55. The Labute approximate surface area is 131 Å². The lowest BCUT2D eigenvalue weighted by Gasteiger charge is -2.26. The molecule has 22 heavy (non-hydrogen) atoms. The summed E-state index contributed by atoms with van der Waals surface area (Å²) >= 11 is 0. The maximum absolute atomic E-state index is 12.6. The van der Waals surface area contributed by atoms with Crippen LogP contribution < -0.4 is 0 Å². The minimum absolute atomic E-state index is 0.156. The van der Waals surface area contributed by atoms with Crippen molar-refractivity contribution >= 4 is 5.97 Å². The van der Waals surface area contributed by atoms with E-state index in [-0.39, 0.29) is 12.0 Å². The van der Waals surface area contributed by atoms with Gasteiger partial charge in [0, 0.05) is 0 Å². The second-order valence-corrected chi connectivity index (χ2v) is 5.65. The van der Waals surface area contributed by atoms with Crippen LogP contribution in [-0.2, 0) is 16.1 Å². The number of esters is 1. The van der Waals surface area contributed by atoms with E-state index < -0.39 is 0 Å². The number of benzene rings is 2. The van der Waals surface area contributed by atoms with Crippen LogP contribution in [0.1, 0.15) is 30.0 Å². The lowest BCUT2D eigenvalue weighted by atomic mass is 10.1. The molecular formula is C19H21NO2. The highest BCUT2D eigenvalue weighted by Gasteiger charge is 2.30. The second kappa shape index (κ2) is 7.23. The zero-order valence-corrected chi connectivity index (χ0v) is 12.7. The lowest BCUT2D eigenvalue weighted by Crippen LogP contribution is -2.33. The van der Waals surface area contributed by atoms with Gasteiger partial charge in [-0.25, -0.2) is 4.79 Å². The molecule has 1 saturated heterocycles. The van der Waals surface area contributed by atoms with Crippen molar-refractivity contribution in [3.05, 3.63) is 71.8 Å². The summed E-state index contributed by atoms with van der Waals surface area (Å²) in [5.74, 6) is -0.156. The van der Waals surface area contributed by atoms with Gasteiger partial charge in [0.2, 0.25) is 0 Å². The SMILES string of the molecule is O=C(OCc1ccccc1)[C@H](c1ccccc1)N1CCCC1. The summed E-state index contributed by atoms with van der Waals surface area (Å²) in [5.41, 5.74) is 2.03. The molecule has 3 nitrogen and oxygen atoms in total. The molecule has 1 fully saturated rings. The van der Waals surface area contributed by atoms with Gasteiger partial charge in [-0.3, -0.25) is 4.90 Å². The predicted molar refractivity (Wildman–Crippen MR) is 86.2 cm³/mol. The van der Waals surface area contributed by atoms with E-state index in [9.17, 15) is 4.79 Å². The molecule has 1 heterocycles. The standard InChI is InChI=1S/C19H21NO2/c21-19(22-15-16-9-3-1-4-10-16)18(20-13-7-8-14-20)17-11-5-2-6-12-17/h1-6,9-12,18H,7-8,13-15H2/t18-/m0/s1. The smallest absolute Gasteiger partial charge is 0.328 e. The van der Waals surface area contributed by atoms with E-state index >= 15 is 0 Å². The number of hydrogen-bond donors (Lipinski definition) is 0. The fourth-order valence-corrected chi connectivity index (χ4v) is 2.94. The Kier molecular flexibility index (Phi) is 4.86. The van der Waals surface area contributed by atoms with Crippen molar-refractivity contribution in [3.63, 3.8) is 0 Å². The van der Waals surface area contributed by atoms with E-state index in [1.807, 2.05) is 60.7 Å². The van der Waals surface area contributed by atoms with Gasteiger partial charge in [0.25, 0.3) is 0 Å². The molecule has 0 aromatic heterocycles. The van der Waals surface area contributed by atoms with E-state index in [0.717, 1.165) is 37.1 Å². The molecule has 3 heteroatoms. The molecule has 0 bridgehead atoms. The second-order valence-electron chi connectivity index (χ2n) is 5.65. The van der Waals surface area contributed by atoms with Crippen LogP contribution in [0.2, 0.25) is 0 Å². The number of nitrogens with zero attached hydrogens (tertiary/aromatic N) is 1. The van der Waals surface area contributed by atoms with Crippen LogP contribution in [0.15, 0.2) is 60.7 Å². The summed E-state index contributed by atoms with van der Waals surface area (Å²) in [6.45, 7) is 2.25. The van der Waals surface area contributed by atoms with E-state index in [4.69, 9.17) is 4.74 Å². The van der Waals surface area contributed by atoms with Gasteiger partial charge >= 0.3 is 5.97 Å². The molecular weight excluding hydrogens is 274 g/mol. The van der Waals surface area contributed by atoms with Crippen molar-refractivity contribution in [2.75, 3.05) is 13.1 Å². The molecule has 1 atom stereocenters. The average molecular weight is 295 g/mol. The normalized spacial score (nSPS) is 16.4. The first-order valence-electron chi connectivity index (χ1n) is 7.84. The van der Waals surface area contributed by atoms with Gasteiger partial charge in [0.05, 0.1) is 0 Å². The topological polar surface area (TPSA) is 29.5 Å².